The van der Waals surface area contributed by atoms with Gasteiger partial charge in [-0.05, 0) is 19.1 Å². The fraction of sp³-hybridized carbons (Fsp3) is 0.333. The molecule has 0 unspecified atom stereocenters. The molecule has 0 saturated heterocycles. The molecule has 3 amide bonds. The summed E-state index contributed by atoms with van der Waals surface area (Å²) in [5, 5.41) is 4.21. The van der Waals surface area contributed by atoms with Crippen molar-refractivity contribution in [1.29, 1.82) is 0 Å². The first kappa shape index (κ1) is 16.1. The smallest absolute Gasteiger partial charge is 0.321 e. The van der Waals surface area contributed by atoms with Gasteiger partial charge < -0.3 is 5.32 Å². The number of benzene rings is 1. The lowest BCUT2D eigenvalue weighted by Gasteiger charge is -2.16. The number of nitrogens with zero attached hydrogens (tertiary/aromatic N) is 1. The van der Waals surface area contributed by atoms with Gasteiger partial charge in [-0.2, -0.15) is 4.31 Å². The highest BCUT2D eigenvalue weighted by Gasteiger charge is 2.23. The summed E-state index contributed by atoms with van der Waals surface area (Å²) in [4.78, 5) is 22.5. The highest BCUT2D eigenvalue weighted by molar-refractivity contribution is 7.89. The molecular formula is C12H17N3O4S. The van der Waals surface area contributed by atoms with Gasteiger partial charge in [0.15, 0.2) is 0 Å². The molecule has 0 atom stereocenters. The van der Waals surface area contributed by atoms with Crippen LogP contribution >= 0.6 is 0 Å². The maximum absolute atomic E-state index is 12.2. The summed E-state index contributed by atoms with van der Waals surface area (Å²) >= 11 is 0. The SMILES string of the molecule is CNC(=O)NC(=O)CN(C)S(=O)(=O)c1ccc(C)cc1. The fourth-order valence-corrected chi connectivity index (χ4v) is 2.53. The topological polar surface area (TPSA) is 95.6 Å². The van der Waals surface area contributed by atoms with E-state index in [1.807, 2.05) is 12.2 Å². The van der Waals surface area contributed by atoms with Crippen molar-refractivity contribution in [3.8, 4) is 0 Å². The number of hydrogen-bond donors (Lipinski definition) is 2. The minimum Gasteiger partial charge on any atom is -0.341 e. The number of likely N-dealkylation sites (N-methyl/N-ethyl adjacent to an activating group) is 1. The van der Waals surface area contributed by atoms with E-state index in [4.69, 9.17) is 0 Å². The van der Waals surface area contributed by atoms with Crippen molar-refractivity contribution in [2.75, 3.05) is 20.6 Å². The normalized spacial score (nSPS) is 11.2. The van der Waals surface area contributed by atoms with Crippen molar-refractivity contribution in [2.24, 2.45) is 0 Å². The molecule has 20 heavy (non-hydrogen) atoms. The minimum atomic E-state index is -3.75. The number of urea groups is 1. The van der Waals surface area contributed by atoms with Crippen LogP contribution in [0.2, 0.25) is 0 Å². The lowest BCUT2D eigenvalue weighted by atomic mass is 10.2. The molecule has 0 spiro atoms. The van der Waals surface area contributed by atoms with E-state index in [0.29, 0.717) is 0 Å². The van der Waals surface area contributed by atoms with Crippen molar-refractivity contribution >= 4 is 22.0 Å². The van der Waals surface area contributed by atoms with Gasteiger partial charge in [-0.3, -0.25) is 10.1 Å². The van der Waals surface area contributed by atoms with Crippen LogP contribution < -0.4 is 10.6 Å². The zero-order chi connectivity index (χ0) is 15.3. The summed E-state index contributed by atoms with van der Waals surface area (Å²) in [5.74, 6) is -0.706. The van der Waals surface area contributed by atoms with Crippen LogP contribution in [0.4, 0.5) is 4.79 Å². The van der Waals surface area contributed by atoms with Crippen LogP contribution in [-0.4, -0.2) is 45.3 Å². The molecule has 0 aliphatic rings. The molecule has 1 rings (SSSR count). The molecule has 0 heterocycles. The monoisotopic (exact) mass is 299 g/mol. The van der Waals surface area contributed by atoms with Crippen molar-refractivity contribution in [2.45, 2.75) is 11.8 Å². The van der Waals surface area contributed by atoms with Gasteiger partial charge in [0.1, 0.15) is 0 Å². The van der Waals surface area contributed by atoms with Crippen LogP contribution in [0.25, 0.3) is 0 Å². The van der Waals surface area contributed by atoms with E-state index >= 15 is 0 Å². The Labute approximate surface area is 118 Å². The summed E-state index contributed by atoms with van der Waals surface area (Å²) < 4.78 is 25.2. The second-order valence-corrected chi connectivity index (χ2v) is 6.25. The molecular weight excluding hydrogens is 282 g/mol. The van der Waals surface area contributed by atoms with Crippen LogP contribution in [0.1, 0.15) is 5.56 Å². The number of aryl methyl sites for hydroxylation is 1. The quantitative estimate of drug-likeness (QED) is 0.822. The Morgan fingerprint density at radius 1 is 1.20 bits per heavy atom. The van der Waals surface area contributed by atoms with Crippen LogP contribution in [-0.2, 0) is 14.8 Å². The molecule has 0 fully saturated rings. The zero-order valence-electron chi connectivity index (χ0n) is 11.5. The van der Waals surface area contributed by atoms with E-state index in [1.165, 1.54) is 26.2 Å². The van der Waals surface area contributed by atoms with Crippen molar-refractivity contribution < 1.29 is 18.0 Å². The van der Waals surface area contributed by atoms with Gasteiger partial charge in [0.25, 0.3) is 0 Å². The molecule has 0 aliphatic heterocycles. The Morgan fingerprint density at radius 2 is 1.75 bits per heavy atom. The summed E-state index contributed by atoms with van der Waals surface area (Å²) in [5.41, 5.74) is 0.934. The molecule has 7 nitrogen and oxygen atoms in total. The summed E-state index contributed by atoms with van der Waals surface area (Å²) in [7, 11) is -1.12. The van der Waals surface area contributed by atoms with Gasteiger partial charge in [0.05, 0.1) is 11.4 Å². The predicted molar refractivity (Wildman–Crippen MR) is 73.6 cm³/mol. The molecule has 0 radical (unpaired) electrons. The number of rotatable bonds is 4. The van der Waals surface area contributed by atoms with E-state index < -0.39 is 28.5 Å². The summed E-state index contributed by atoms with van der Waals surface area (Å²) in [6, 6.07) is 5.60. The van der Waals surface area contributed by atoms with Crippen molar-refractivity contribution in [3.63, 3.8) is 0 Å². The minimum absolute atomic E-state index is 0.0957. The third kappa shape index (κ3) is 4.04. The molecule has 0 bridgehead atoms. The van der Waals surface area contributed by atoms with E-state index in [1.54, 1.807) is 12.1 Å². The van der Waals surface area contributed by atoms with Gasteiger partial charge in [-0.25, -0.2) is 13.2 Å². The first-order valence-electron chi connectivity index (χ1n) is 5.82. The summed E-state index contributed by atoms with van der Waals surface area (Å²) in [6.07, 6.45) is 0. The van der Waals surface area contributed by atoms with Gasteiger partial charge in [-0.1, -0.05) is 17.7 Å². The third-order valence-corrected chi connectivity index (χ3v) is 4.39. The number of sulfonamides is 1. The van der Waals surface area contributed by atoms with Crippen LogP contribution in [0.15, 0.2) is 29.2 Å². The second kappa shape index (κ2) is 6.49. The van der Waals surface area contributed by atoms with Crippen molar-refractivity contribution in [1.82, 2.24) is 14.9 Å². The maximum Gasteiger partial charge on any atom is 0.321 e. The Hall–Kier alpha value is -1.93. The lowest BCUT2D eigenvalue weighted by molar-refractivity contribution is -0.120. The van der Waals surface area contributed by atoms with Crippen LogP contribution in [0.3, 0.4) is 0 Å². The maximum atomic E-state index is 12.2. The Kier molecular flexibility index (Phi) is 5.23. The van der Waals surface area contributed by atoms with Crippen LogP contribution in [0.5, 0.6) is 0 Å². The van der Waals surface area contributed by atoms with Gasteiger partial charge in [0.2, 0.25) is 15.9 Å². The summed E-state index contributed by atoms with van der Waals surface area (Å²) in [6.45, 7) is 1.40. The second-order valence-electron chi connectivity index (χ2n) is 4.20. The molecule has 0 aliphatic carbocycles. The fourth-order valence-electron chi connectivity index (χ4n) is 1.41. The molecule has 1 aromatic carbocycles. The van der Waals surface area contributed by atoms with E-state index in [2.05, 4.69) is 5.32 Å². The van der Waals surface area contributed by atoms with Crippen LogP contribution in [0, 0.1) is 6.92 Å². The molecule has 1 aromatic rings. The highest BCUT2D eigenvalue weighted by Crippen LogP contribution is 2.14. The van der Waals surface area contributed by atoms with E-state index in [-0.39, 0.29) is 4.90 Å². The predicted octanol–water partition coefficient (Wildman–Crippen LogP) is 0.0711. The molecule has 8 heteroatoms. The van der Waals surface area contributed by atoms with Gasteiger partial charge in [0, 0.05) is 14.1 Å². The first-order valence-corrected chi connectivity index (χ1v) is 7.26. The Bertz CT molecular complexity index is 596. The molecule has 110 valence electrons. The number of carbonyl (C=O) groups excluding carboxylic acids is 2. The number of carbonyl (C=O) groups is 2. The Morgan fingerprint density at radius 3 is 2.25 bits per heavy atom. The Balaban J connectivity index is 2.80. The lowest BCUT2D eigenvalue weighted by Crippen LogP contribution is -2.43. The molecule has 0 saturated carbocycles. The molecule has 2 N–H and O–H groups in total. The first-order chi connectivity index (χ1) is 9.27. The highest BCUT2D eigenvalue weighted by atomic mass is 32.2. The van der Waals surface area contributed by atoms with E-state index in [9.17, 15) is 18.0 Å². The number of imide groups is 1. The number of hydrogen-bond acceptors (Lipinski definition) is 4. The van der Waals surface area contributed by atoms with E-state index in [0.717, 1.165) is 9.87 Å². The van der Waals surface area contributed by atoms with Gasteiger partial charge in [-0.15, -0.1) is 0 Å². The molecule has 0 aromatic heterocycles. The standard InChI is InChI=1S/C12H17N3O4S/c1-9-4-6-10(7-5-9)20(18,19)15(3)8-11(16)14-12(17)13-2/h4-7H,8H2,1-3H3,(H2,13,14,16,17). The zero-order valence-corrected chi connectivity index (χ0v) is 12.3. The number of amides is 3. The largest absolute Gasteiger partial charge is 0.341 e. The average molecular weight is 299 g/mol. The average Bonchev–Trinajstić information content (AvgIpc) is 2.38. The van der Waals surface area contributed by atoms with Gasteiger partial charge >= 0.3 is 6.03 Å². The number of nitrogens with one attached hydrogen (secondary N) is 2. The third-order valence-electron chi connectivity index (χ3n) is 2.58. The van der Waals surface area contributed by atoms with Crippen molar-refractivity contribution in [3.05, 3.63) is 29.8 Å².